The van der Waals surface area contributed by atoms with Gasteiger partial charge >= 0.3 is 11.9 Å². The van der Waals surface area contributed by atoms with Crippen molar-refractivity contribution in [2.75, 3.05) is 6.61 Å². The second-order valence-corrected chi connectivity index (χ2v) is 4.47. The van der Waals surface area contributed by atoms with E-state index < -0.39 is 23.6 Å². The molecule has 1 aromatic carbocycles. The third-order valence-electron chi connectivity index (χ3n) is 2.69. The number of hydrogen-bond acceptors (Lipinski definition) is 4. The lowest BCUT2D eigenvalue weighted by Crippen LogP contribution is -2.11. The molecule has 0 bridgehead atoms. The predicted molar refractivity (Wildman–Crippen MR) is 71.3 cm³/mol. The molecule has 0 aromatic heterocycles. The first kappa shape index (κ1) is 17.1. The van der Waals surface area contributed by atoms with Crippen LogP contribution in [0.2, 0.25) is 0 Å². The Morgan fingerprint density at radius 1 is 1.10 bits per heavy atom. The normalized spacial score (nSPS) is 10.2. The van der Waals surface area contributed by atoms with Gasteiger partial charge in [-0.25, -0.2) is 8.78 Å². The number of ether oxygens (including phenoxy) is 2. The van der Waals surface area contributed by atoms with Crippen molar-refractivity contribution in [3.63, 3.8) is 0 Å². The second-order valence-electron chi connectivity index (χ2n) is 4.47. The summed E-state index contributed by atoms with van der Waals surface area (Å²) in [6.07, 6.45) is 1.44. The van der Waals surface area contributed by atoms with E-state index in [1.807, 2.05) is 6.92 Å². The predicted octanol–water partition coefficient (Wildman–Crippen LogP) is 3.13. The van der Waals surface area contributed by atoms with E-state index in [4.69, 9.17) is 9.47 Å². The maximum absolute atomic E-state index is 13.3. The molecule has 0 atom stereocenters. The van der Waals surface area contributed by atoms with Gasteiger partial charge in [-0.2, -0.15) is 0 Å². The van der Waals surface area contributed by atoms with Crippen molar-refractivity contribution in [2.45, 2.75) is 39.2 Å². The largest absolute Gasteiger partial charge is 0.466 e. The monoisotopic (exact) mass is 300 g/mol. The maximum atomic E-state index is 13.3. The highest BCUT2D eigenvalue weighted by molar-refractivity contribution is 5.77. The lowest BCUT2D eigenvalue weighted by molar-refractivity contribution is -0.151. The van der Waals surface area contributed by atoms with Crippen LogP contribution in [-0.4, -0.2) is 18.5 Å². The molecule has 0 unspecified atom stereocenters. The lowest BCUT2D eigenvalue weighted by Gasteiger charge is -2.06. The third kappa shape index (κ3) is 6.83. The summed E-state index contributed by atoms with van der Waals surface area (Å²) in [7, 11) is 0. The molecule has 116 valence electrons. The molecule has 0 saturated heterocycles. The van der Waals surface area contributed by atoms with Crippen molar-refractivity contribution in [1.29, 1.82) is 0 Å². The van der Waals surface area contributed by atoms with E-state index in [9.17, 15) is 18.4 Å². The average molecular weight is 300 g/mol. The lowest BCUT2D eigenvalue weighted by atomic mass is 10.2. The standard InChI is InChI=1S/C15H18F2O4/c1-2-3-8-20-14(18)6-7-15(19)21-10-11-9-12(16)4-5-13(11)17/h4-5,9H,2-3,6-8,10H2,1H3. The number of carbonyl (C=O) groups is 2. The van der Waals surface area contributed by atoms with Crippen molar-refractivity contribution < 1.29 is 27.8 Å². The van der Waals surface area contributed by atoms with Crippen molar-refractivity contribution in [1.82, 2.24) is 0 Å². The molecule has 0 heterocycles. The Morgan fingerprint density at radius 2 is 1.76 bits per heavy atom. The molecular weight excluding hydrogens is 282 g/mol. The van der Waals surface area contributed by atoms with E-state index in [2.05, 4.69) is 0 Å². The van der Waals surface area contributed by atoms with Gasteiger partial charge in [0, 0.05) is 5.56 Å². The minimum atomic E-state index is -0.661. The topological polar surface area (TPSA) is 52.6 Å². The fourth-order valence-corrected chi connectivity index (χ4v) is 1.49. The van der Waals surface area contributed by atoms with E-state index in [0.717, 1.165) is 31.0 Å². The van der Waals surface area contributed by atoms with Gasteiger partial charge in [-0.1, -0.05) is 13.3 Å². The van der Waals surface area contributed by atoms with Crippen molar-refractivity contribution in [3.05, 3.63) is 35.4 Å². The van der Waals surface area contributed by atoms with Gasteiger partial charge in [0.05, 0.1) is 19.4 Å². The summed E-state index contributed by atoms with van der Waals surface area (Å²) in [4.78, 5) is 22.7. The Bertz CT molecular complexity index is 489. The van der Waals surface area contributed by atoms with Crippen LogP contribution in [0.1, 0.15) is 38.2 Å². The molecule has 1 aromatic rings. The van der Waals surface area contributed by atoms with Crippen LogP contribution in [0.5, 0.6) is 0 Å². The Kier molecular flexibility index (Phi) is 7.36. The van der Waals surface area contributed by atoms with Gasteiger partial charge in [0.2, 0.25) is 0 Å². The van der Waals surface area contributed by atoms with Gasteiger partial charge in [0.25, 0.3) is 0 Å². The van der Waals surface area contributed by atoms with Crippen LogP contribution in [0, 0.1) is 11.6 Å². The highest BCUT2D eigenvalue weighted by Crippen LogP contribution is 2.11. The fourth-order valence-electron chi connectivity index (χ4n) is 1.49. The number of halogens is 2. The molecule has 0 N–H and O–H groups in total. The molecule has 21 heavy (non-hydrogen) atoms. The van der Waals surface area contributed by atoms with Gasteiger partial charge in [-0.3, -0.25) is 9.59 Å². The number of esters is 2. The van der Waals surface area contributed by atoms with Crippen molar-refractivity contribution >= 4 is 11.9 Å². The third-order valence-corrected chi connectivity index (χ3v) is 2.69. The zero-order chi connectivity index (χ0) is 15.7. The van der Waals surface area contributed by atoms with Crippen molar-refractivity contribution in [3.8, 4) is 0 Å². The Labute approximate surface area is 122 Å². The Balaban J connectivity index is 2.28. The summed E-state index contributed by atoms with van der Waals surface area (Å²) in [6.45, 7) is 1.93. The van der Waals surface area contributed by atoms with E-state index in [-0.39, 0.29) is 25.0 Å². The summed E-state index contributed by atoms with van der Waals surface area (Å²) in [6, 6.07) is 2.90. The van der Waals surface area contributed by atoms with Gasteiger partial charge in [0.15, 0.2) is 0 Å². The number of hydrogen-bond donors (Lipinski definition) is 0. The summed E-state index contributed by atoms with van der Waals surface area (Å²) >= 11 is 0. The molecule has 6 heteroatoms. The van der Waals surface area contributed by atoms with Gasteiger partial charge in [-0.15, -0.1) is 0 Å². The molecule has 4 nitrogen and oxygen atoms in total. The highest BCUT2D eigenvalue weighted by Gasteiger charge is 2.11. The number of unbranched alkanes of at least 4 members (excludes halogenated alkanes) is 1. The Morgan fingerprint density at radius 3 is 2.43 bits per heavy atom. The second kappa shape index (κ2) is 9.05. The van der Waals surface area contributed by atoms with Gasteiger partial charge in [0.1, 0.15) is 18.2 Å². The summed E-state index contributed by atoms with van der Waals surface area (Å²) in [5, 5.41) is 0. The first-order chi connectivity index (χ1) is 10.0. The molecule has 0 saturated carbocycles. The number of rotatable bonds is 8. The maximum Gasteiger partial charge on any atom is 0.306 e. The average Bonchev–Trinajstić information content (AvgIpc) is 2.46. The quantitative estimate of drug-likeness (QED) is 0.547. The molecule has 0 aliphatic heterocycles. The molecule has 0 aliphatic rings. The van der Waals surface area contributed by atoms with E-state index in [0.29, 0.717) is 6.61 Å². The van der Waals surface area contributed by atoms with E-state index in [1.54, 1.807) is 0 Å². The van der Waals surface area contributed by atoms with Crippen LogP contribution >= 0.6 is 0 Å². The number of carbonyl (C=O) groups excluding carboxylic acids is 2. The minimum absolute atomic E-state index is 0.0473. The molecule has 1 rings (SSSR count). The molecular formula is C15H18F2O4. The smallest absolute Gasteiger partial charge is 0.306 e. The molecule has 0 fully saturated rings. The number of benzene rings is 1. The van der Waals surface area contributed by atoms with E-state index >= 15 is 0 Å². The van der Waals surface area contributed by atoms with E-state index in [1.165, 1.54) is 0 Å². The van der Waals surface area contributed by atoms with Crippen LogP contribution in [0.3, 0.4) is 0 Å². The van der Waals surface area contributed by atoms with Crippen LogP contribution in [0.15, 0.2) is 18.2 Å². The van der Waals surface area contributed by atoms with Crippen LogP contribution in [0.25, 0.3) is 0 Å². The summed E-state index contributed by atoms with van der Waals surface area (Å²) in [5.41, 5.74) is -0.0473. The van der Waals surface area contributed by atoms with Crippen LogP contribution in [0.4, 0.5) is 8.78 Å². The molecule has 0 spiro atoms. The van der Waals surface area contributed by atoms with Crippen LogP contribution < -0.4 is 0 Å². The van der Waals surface area contributed by atoms with Crippen molar-refractivity contribution in [2.24, 2.45) is 0 Å². The van der Waals surface area contributed by atoms with Gasteiger partial charge < -0.3 is 9.47 Å². The minimum Gasteiger partial charge on any atom is -0.466 e. The van der Waals surface area contributed by atoms with Gasteiger partial charge in [-0.05, 0) is 24.6 Å². The zero-order valence-corrected chi connectivity index (χ0v) is 11.9. The fraction of sp³-hybridized carbons (Fsp3) is 0.467. The summed E-state index contributed by atoms with van der Waals surface area (Å²) < 4.78 is 35.8. The first-order valence-electron chi connectivity index (χ1n) is 6.78. The Hall–Kier alpha value is -1.98. The first-order valence-corrected chi connectivity index (χ1v) is 6.78. The van der Waals surface area contributed by atoms with Crippen LogP contribution in [-0.2, 0) is 25.7 Å². The summed E-state index contributed by atoms with van der Waals surface area (Å²) in [5.74, 6) is -2.39. The highest BCUT2D eigenvalue weighted by atomic mass is 19.1. The molecule has 0 amide bonds. The molecule has 0 aliphatic carbocycles. The SMILES string of the molecule is CCCCOC(=O)CCC(=O)OCc1cc(F)ccc1F. The molecule has 0 radical (unpaired) electrons. The zero-order valence-electron chi connectivity index (χ0n) is 11.9.